The molecule has 1 aliphatic heterocycles. The average molecular weight is 259 g/mol. The molecule has 2 unspecified atom stereocenters. The summed E-state index contributed by atoms with van der Waals surface area (Å²) in [6.07, 6.45) is -0.719. The minimum Gasteiger partial charge on any atom is -0.778 e. The van der Waals surface area contributed by atoms with Crippen molar-refractivity contribution >= 4 is 25.4 Å². The van der Waals surface area contributed by atoms with Crippen molar-refractivity contribution in [3.63, 3.8) is 0 Å². The summed E-state index contributed by atoms with van der Waals surface area (Å²) >= 11 is 0. The molecule has 1 rings (SSSR count). The Labute approximate surface area is 112 Å². The van der Waals surface area contributed by atoms with Crippen molar-refractivity contribution in [3.05, 3.63) is 0 Å². The molecule has 16 heavy (non-hydrogen) atoms. The molecule has 1 fully saturated rings. The Kier molecular flexibility index (Phi) is 5.31. The summed E-state index contributed by atoms with van der Waals surface area (Å²) in [7, 11) is -4.94. The summed E-state index contributed by atoms with van der Waals surface area (Å²) in [4.78, 5) is 56.2. The van der Waals surface area contributed by atoms with E-state index in [0.717, 1.165) is 6.92 Å². The molecule has 1 aliphatic rings. The molecule has 0 aromatic rings. The van der Waals surface area contributed by atoms with Crippen molar-refractivity contribution in [1.29, 1.82) is 0 Å². The molecule has 2 amide bonds. The van der Waals surface area contributed by atoms with Gasteiger partial charge in [0.25, 0.3) is 11.8 Å². The van der Waals surface area contributed by atoms with Crippen LogP contribution in [0.25, 0.3) is 0 Å². The van der Waals surface area contributed by atoms with E-state index >= 15 is 0 Å². The zero-order valence-electron chi connectivity index (χ0n) is 8.58. The zero-order chi connectivity index (χ0) is 11.8. The van der Waals surface area contributed by atoms with Crippen LogP contribution >= 0.6 is 7.60 Å². The third-order valence-corrected chi connectivity index (χ3v) is 2.88. The first-order valence-electron chi connectivity index (χ1n) is 3.82. The monoisotopic (exact) mass is 259 g/mol. The molecule has 0 aromatic carbocycles. The fourth-order valence-corrected chi connectivity index (χ4v) is 1.84. The summed E-state index contributed by atoms with van der Waals surface area (Å²) < 4.78 is 10.7. The van der Waals surface area contributed by atoms with Gasteiger partial charge in [0.2, 0.25) is 0 Å². The molecule has 10 heteroatoms. The third kappa shape index (κ3) is 3.38. The van der Waals surface area contributed by atoms with Gasteiger partial charge in [-0.1, -0.05) is 0 Å². The molecular weight excluding hydrogens is 252 g/mol. The second kappa shape index (κ2) is 5.39. The second-order valence-corrected chi connectivity index (χ2v) is 4.64. The van der Waals surface area contributed by atoms with Gasteiger partial charge in [0.1, 0.15) is 13.3 Å². The van der Waals surface area contributed by atoms with Crippen LogP contribution in [0.3, 0.4) is 0 Å². The topological polar surface area (TPSA) is 124 Å². The summed E-state index contributed by atoms with van der Waals surface area (Å²) in [6.45, 7) is 0.948. The molecule has 2 atom stereocenters. The van der Waals surface area contributed by atoms with Crippen LogP contribution in [-0.2, 0) is 23.8 Å². The Morgan fingerprint density at radius 1 is 1.62 bits per heavy atom. The van der Waals surface area contributed by atoms with Crippen molar-refractivity contribution in [1.82, 2.24) is 5.06 Å². The molecule has 1 saturated heterocycles. The summed E-state index contributed by atoms with van der Waals surface area (Å²) in [6, 6.07) is 0. The fourth-order valence-electron chi connectivity index (χ4n) is 1.07. The first-order chi connectivity index (χ1) is 6.73. The molecule has 1 heterocycles. The number of carbonyl (C=O) groups is 3. The predicted molar refractivity (Wildman–Crippen MR) is 41.8 cm³/mol. The van der Waals surface area contributed by atoms with Crippen molar-refractivity contribution in [2.24, 2.45) is 0 Å². The van der Waals surface area contributed by atoms with E-state index in [2.05, 4.69) is 4.84 Å². The van der Waals surface area contributed by atoms with Crippen LogP contribution in [0.4, 0.5) is 0 Å². The van der Waals surface area contributed by atoms with Crippen LogP contribution < -0.4 is 34.5 Å². The first-order valence-corrected chi connectivity index (χ1v) is 5.47. The Morgan fingerprint density at radius 3 is 2.44 bits per heavy atom. The van der Waals surface area contributed by atoms with Gasteiger partial charge in [-0.05, 0) is 0 Å². The quantitative estimate of drug-likeness (QED) is 0.299. The van der Waals surface area contributed by atoms with Crippen LogP contribution in [0, 0.1) is 0 Å². The van der Waals surface area contributed by atoms with E-state index in [-0.39, 0.29) is 34.6 Å². The Hall–Kier alpha value is -0.240. The maximum atomic E-state index is 11.2. The van der Waals surface area contributed by atoms with E-state index in [1.54, 1.807) is 0 Å². The van der Waals surface area contributed by atoms with E-state index in [1.807, 2.05) is 0 Å². The van der Waals surface area contributed by atoms with Crippen molar-refractivity contribution in [2.45, 2.75) is 19.0 Å². The van der Waals surface area contributed by atoms with E-state index in [4.69, 9.17) is 4.89 Å². The van der Waals surface area contributed by atoms with Crippen LogP contribution in [-0.4, -0.2) is 33.4 Å². The molecule has 1 N–H and O–H groups in total. The number of amides is 2. The maximum absolute atomic E-state index is 11.2. The number of carbonyl (C=O) groups excluding carboxylic acids is 3. The molecule has 0 aromatic heterocycles. The van der Waals surface area contributed by atoms with Crippen LogP contribution in [0.2, 0.25) is 0 Å². The molecule has 84 valence electrons. The largest absolute Gasteiger partial charge is 1.00 e. The molecule has 8 nitrogen and oxygen atoms in total. The summed E-state index contributed by atoms with van der Waals surface area (Å²) in [5, 5.41) is 0.0494. The van der Waals surface area contributed by atoms with Crippen molar-refractivity contribution in [3.8, 4) is 0 Å². The van der Waals surface area contributed by atoms with E-state index in [9.17, 15) is 23.8 Å². The smallest absolute Gasteiger partial charge is 0.778 e. The second-order valence-electron chi connectivity index (χ2n) is 2.89. The third-order valence-electron chi connectivity index (χ3n) is 1.69. The molecule has 0 radical (unpaired) electrons. The molecule has 0 saturated carbocycles. The normalized spacial score (nSPS) is 23.7. The first kappa shape index (κ1) is 15.8. The van der Waals surface area contributed by atoms with E-state index in [1.165, 1.54) is 0 Å². The minimum atomic E-state index is -4.94. The summed E-state index contributed by atoms with van der Waals surface area (Å²) in [5.74, 6) is -3.17. The fraction of sp³-hybridized carbons (Fsp3) is 0.500. The molecule has 0 aliphatic carbocycles. The predicted octanol–water partition coefficient (Wildman–Crippen LogP) is -4.86. The number of hydroxylamine groups is 2. The van der Waals surface area contributed by atoms with Gasteiger partial charge in [-0.25, -0.2) is 4.79 Å². The van der Waals surface area contributed by atoms with Gasteiger partial charge in [0, 0.05) is 6.92 Å². The number of nitrogens with zero attached hydrogens (tertiary/aromatic N) is 1. The van der Waals surface area contributed by atoms with Gasteiger partial charge >= 0.3 is 35.5 Å². The Bertz CT molecular complexity index is 377. The summed E-state index contributed by atoms with van der Waals surface area (Å²) in [5.41, 5.74) is -1.86. The Balaban J connectivity index is 0.00000225. The Morgan fingerprint density at radius 2 is 2.12 bits per heavy atom. The van der Waals surface area contributed by atoms with Crippen LogP contribution in [0.1, 0.15) is 13.3 Å². The minimum absolute atomic E-state index is 0. The van der Waals surface area contributed by atoms with Gasteiger partial charge in [-0.3, -0.25) is 9.59 Å². The van der Waals surface area contributed by atoms with Gasteiger partial charge in [-0.2, -0.15) is 0 Å². The number of rotatable bonds is 2. The van der Waals surface area contributed by atoms with Crippen LogP contribution in [0.15, 0.2) is 0 Å². The standard InChI is InChI=1S/C6H8NO7P.Na/c1-3(8)14-7-5(9)2-4(6(7)10)15(11,12)13;/h4H,2H2,1H3,(H2,11,12,13);/q;+1/p-1. The van der Waals surface area contributed by atoms with Crippen molar-refractivity contribution in [2.75, 3.05) is 0 Å². The van der Waals surface area contributed by atoms with E-state index < -0.39 is 37.5 Å². The van der Waals surface area contributed by atoms with Gasteiger partial charge in [0.15, 0.2) is 0 Å². The number of hydrogen-bond acceptors (Lipinski definition) is 6. The molecular formula is C6H7NNaO7P. The number of hydrogen-bond donors (Lipinski definition) is 1. The van der Waals surface area contributed by atoms with E-state index in [0.29, 0.717) is 0 Å². The van der Waals surface area contributed by atoms with Gasteiger partial charge < -0.3 is 19.2 Å². The van der Waals surface area contributed by atoms with Gasteiger partial charge in [-0.15, -0.1) is 5.06 Å². The number of imide groups is 1. The molecule has 0 spiro atoms. The molecule has 0 bridgehead atoms. The SMILES string of the molecule is CC(=O)ON1C(=O)CC(P(=O)([O-])O)C1=O.[Na+]. The van der Waals surface area contributed by atoms with Crippen molar-refractivity contribution < 1.29 is 63.1 Å². The average Bonchev–Trinajstić information content (AvgIpc) is 2.30. The van der Waals surface area contributed by atoms with Crippen LogP contribution in [0.5, 0.6) is 0 Å². The zero-order valence-corrected chi connectivity index (χ0v) is 11.5. The van der Waals surface area contributed by atoms with Gasteiger partial charge in [0.05, 0.1) is 6.42 Å². The maximum Gasteiger partial charge on any atom is 1.00 e.